The standard InChI is InChI=1S/C19H24FNO/c1-2-3-4-7-14-22-18-12-10-17(11-13-18)21-15-16-8-5-6-9-19(16)20/h5-6,8-13,21H,2-4,7,14-15H2,1H3. The smallest absolute Gasteiger partial charge is 0.128 e. The predicted octanol–water partition coefficient (Wildman–Crippen LogP) is 5.40. The van der Waals surface area contributed by atoms with E-state index in [-0.39, 0.29) is 5.82 Å². The monoisotopic (exact) mass is 301 g/mol. The fourth-order valence-electron chi connectivity index (χ4n) is 2.23. The van der Waals surface area contributed by atoms with Gasteiger partial charge < -0.3 is 10.1 Å². The third kappa shape index (κ3) is 5.40. The highest BCUT2D eigenvalue weighted by Gasteiger charge is 2.00. The Kier molecular flexibility index (Phi) is 6.75. The molecule has 0 spiro atoms. The molecule has 2 aromatic carbocycles. The number of benzene rings is 2. The van der Waals surface area contributed by atoms with E-state index in [2.05, 4.69) is 12.2 Å². The van der Waals surface area contributed by atoms with E-state index in [1.54, 1.807) is 12.1 Å². The summed E-state index contributed by atoms with van der Waals surface area (Å²) in [4.78, 5) is 0. The van der Waals surface area contributed by atoms with Crippen LogP contribution in [0.5, 0.6) is 5.75 Å². The lowest BCUT2D eigenvalue weighted by molar-refractivity contribution is 0.305. The van der Waals surface area contributed by atoms with Gasteiger partial charge in [0.05, 0.1) is 6.61 Å². The first kappa shape index (κ1) is 16.3. The highest BCUT2D eigenvalue weighted by atomic mass is 19.1. The molecule has 0 radical (unpaired) electrons. The van der Waals surface area contributed by atoms with Crippen LogP contribution in [-0.2, 0) is 6.54 Å². The van der Waals surface area contributed by atoms with E-state index >= 15 is 0 Å². The summed E-state index contributed by atoms with van der Waals surface area (Å²) in [5.74, 6) is 0.704. The van der Waals surface area contributed by atoms with E-state index in [1.807, 2.05) is 30.3 Å². The van der Waals surface area contributed by atoms with Crippen LogP contribution in [0.15, 0.2) is 48.5 Å². The Balaban J connectivity index is 1.76. The van der Waals surface area contributed by atoms with Gasteiger partial charge in [0.1, 0.15) is 11.6 Å². The van der Waals surface area contributed by atoms with E-state index < -0.39 is 0 Å². The van der Waals surface area contributed by atoms with Crippen LogP contribution in [0, 0.1) is 5.82 Å². The second-order valence-corrected chi connectivity index (χ2v) is 5.38. The molecule has 118 valence electrons. The summed E-state index contributed by atoms with van der Waals surface area (Å²) in [6.07, 6.45) is 4.82. The number of hydrogen-bond donors (Lipinski definition) is 1. The van der Waals surface area contributed by atoms with Crippen molar-refractivity contribution in [2.45, 2.75) is 39.2 Å². The Morgan fingerprint density at radius 2 is 1.73 bits per heavy atom. The average Bonchev–Trinajstić information content (AvgIpc) is 2.55. The number of unbranched alkanes of at least 4 members (excludes halogenated alkanes) is 3. The molecule has 0 aliphatic heterocycles. The van der Waals surface area contributed by atoms with Gasteiger partial charge in [-0.15, -0.1) is 0 Å². The molecule has 3 heteroatoms. The molecule has 22 heavy (non-hydrogen) atoms. The molecule has 0 amide bonds. The fourth-order valence-corrected chi connectivity index (χ4v) is 2.23. The van der Waals surface area contributed by atoms with Gasteiger partial charge in [-0.05, 0) is 36.8 Å². The normalized spacial score (nSPS) is 10.5. The molecule has 0 fully saturated rings. The number of hydrogen-bond acceptors (Lipinski definition) is 2. The van der Waals surface area contributed by atoms with Gasteiger partial charge >= 0.3 is 0 Å². The fraction of sp³-hybridized carbons (Fsp3) is 0.368. The van der Waals surface area contributed by atoms with Gasteiger partial charge in [-0.3, -0.25) is 0 Å². The van der Waals surface area contributed by atoms with Crippen molar-refractivity contribution >= 4 is 5.69 Å². The Labute approximate surface area is 132 Å². The topological polar surface area (TPSA) is 21.3 Å². The van der Waals surface area contributed by atoms with Crippen molar-refractivity contribution in [3.05, 3.63) is 59.9 Å². The third-order valence-electron chi connectivity index (χ3n) is 3.56. The van der Waals surface area contributed by atoms with E-state index in [0.29, 0.717) is 12.1 Å². The lowest BCUT2D eigenvalue weighted by atomic mass is 10.2. The van der Waals surface area contributed by atoms with Crippen LogP contribution in [-0.4, -0.2) is 6.61 Å². The van der Waals surface area contributed by atoms with Crippen LogP contribution in [0.25, 0.3) is 0 Å². The van der Waals surface area contributed by atoms with Gasteiger partial charge in [0.25, 0.3) is 0 Å². The van der Waals surface area contributed by atoms with Crippen LogP contribution in [0.2, 0.25) is 0 Å². The molecule has 0 aromatic heterocycles. The maximum Gasteiger partial charge on any atom is 0.128 e. The number of nitrogens with one attached hydrogen (secondary N) is 1. The number of rotatable bonds is 9. The summed E-state index contributed by atoms with van der Waals surface area (Å²) in [5, 5.41) is 3.22. The molecular formula is C19H24FNO. The lowest BCUT2D eigenvalue weighted by Gasteiger charge is -2.09. The molecule has 0 saturated heterocycles. The van der Waals surface area contributed by atoms with Gasteiger partial charge in [0.2, 0.25) is 0 Å². The molecule has 2 aromatic rings. The second-order valence-electron chi connectivity index (χ2n) is 5.38. The summed E-state index contributed by atoms with van der Waals surface area (Å²) in [6.45, 7) is 3.44. The number of halogens is 1. The predicted molar refractivity (Wildman–Crippen MR) is 89.8 cm³/mol. The first-order chi connectivity index (χ1) is 10.8. The molecular weight excluding hydrogens is 277 g/mol. The first-order valence-electron chi connectivity index (χ1n) is 7.99. The highest BCUT2D eigenvalue weighted by Crippen LogP contribution is 2.17. The minimum absolute atomic E-state index is 0.179. The molecule has 0 aliphatic rings. The summed E-state index contributed by atoms with van der Waals surface area (Å²) in [7, 11) is 0. The van der Waals surface area contributed by atoms with Crippen molar-refractivity contribution in [1.29, 1.82) is 0 Å². The van der Waals surface area contributed by atoms with E-state index in [9.17, 15) is 4.39 Å². The van der Waals surface area contributed by atoms with Crippen molar-refractivity contribution in [2.24, 2.45) is 0 Å². The summed E-state index contributed by atoms with van der Waals surface area (Å²) in [6, 6.07) is 14.6. The zero-order chi connectivity index (χ0) is 15.6. The Morgan fingerprint density at radius 1 is 0.955 bits per heavy atom. The van der Waals surface area contributed by atoms with E-state index in [4.69, 9.17) is 4.74 Å². The molecule has 0 bridgehead atoms. The number of anilines is 1. The first-order valence-corrected chi connectivity index (χ1v) is 7.99. The Hall–Kier alpha value is -2.03. The van der Waals surface area contributed by atoms with Gasteiger partial charge in [-0.2, -0.15) is 0 Å². The van der Waals surface area contributed by atoms with Crippen LogP contribution in [0.4, 0.5) is 10.1 Å². The molecule has 1 N–H and O–H groups in total. The van der Waals surface area contributed by atoms with Gasteiger partial charge in [0.15, 0.2) is 0 Å². The van der Waals surface area contributed by atoms with Crippen molar-refractivity contribution in [3.63, 3.8) is 0 Å². The average molecular weight is 301 g/mol. The maximum atomic E-state index is 13.5. The van der Waals surface area contributed by atoms with Crippen molar-refractivity contribution in [3.8, 4) is 5.75 Å². The van der Waals surface area contributed by atoms with E-state index in [0.717, 1.165) is 24.5 Å². The molecule has 2 nitrogen and oxygen atoms in total. The minimum Gasteiger partial charge on any atom is -0.494 e. The summed E-state index contributed by atoms with van der Waals surface area (Å²) >= 11 is 0. The molecule has 0 atom stereocenters. The van der Waals surface area contributed by atoms with Crippen molar-refractivity contribution in [2.75, 3.05) is 11.9 Å². The zero-order valence-corrected chi connectivity index (χ0v) is 13.1. The Morgan fingerprint density at radius 3 is 2.45 bits per heavy atom. The molecule has 0 unspecified atom stereocenters. The second kappa shape index (κ2) is 9.08. The zero-order valence-electron chi connectivity index (χ0n) is 13.1. The summed E-state index contributed by atoms with van der Waals surface area (Å²) in [5.41, 5.74) is 1.63. The molecule has 2 rings (SSSR count). The molecule has 0 saturated carbocycles. The third-order valence-corrected chi connectivity index (χ3v) is 3.56. The van der Waals surface area contributed by atoms with Gasteiger partial charge in [0, 0.05) is 17.8 Å². The van der Waals surface area contributed by atoms with E-state index in [1.165, 1.54) is 25.3 Å². The largest absolute Gasteiger partial charge is 0.494 e. The van der Waals surface area contributed by atoms with Gasteiger partial charge in [-0.1, -0.05) is 44.4 Å². The van der Waals surface area contributed by atoms with Crippen LogP contribution < -0.4 is 10.1 Å². The summed E-state index contributed by atoms with van der Waals surface area (Å²) < 4.78 is 19.2. The minimum atomic E-state index is -0.179. The van der Waals surface area contributed by atoms with Crippen molar-refractivity contribution < 1.29 is 9.13 Å². The Bertz CT molecular complexity index is 554. The number of ether oxygens (including phenoxy) is 1. The van der Waals surface area contributed by atoms with Crippen molar-refractivity contribution in [1.82, 2.24) is 0 Å². The lowest BCUT2D eigenvalue weighted by Crippen LogP contribution is -2.02. The quantitative estimate of drug-likeness (QED) is 0.626. The SMILES string of the molecule is CCCCCCOc1ccc(NCc2ccccc2F)cc1. The molecule has 0 aliphatic carbocycles. The van der Waals surface area contributed by atoms with Crippen LogP contribution in [0.3, 0.4) is 0 Å². The highest BCUT2D eigenvalue weighted by molar-refractivity contribution is 5.46. The van der Waals surface area contributed by atoms with Gasteiger partial charge in [-0.25, -0.2) is 4.39 Å². The maximum absolute atomic E-state index is 13.5. The van der Waals surface area contributed by atoms with Crippen LogP contribution in [0.1, 0.15) is 38.2 Å². The van der Waals surface area contributed by atoms with Crippen LogP contribution >= 0.6 is 0 Å². The molecule has 0 heterocycles.